The normalized spacial score (nSPS) is 19.6. The number of carbonyl (C=O) groups is 3. The Hall–Kier alpha value is -4.17. The summed E-state index contributed by atoms with van der Waals surface area (Å²) in [6.07, 6.45) is -1.30. The van der Waals surface area contributed by atoms with E-state index >= 15 is 0 Å². The Balaban J connectivity index is 1.28. The molecule has 3 atom stereocenters. The van der Waals surface area contributed by atoms with Crippen molar-refractivity contribution in [3.8, 4) is 11.1 Å². The number of esters is 1. The predicted molar refractivity (Wildman–Crippen MR) is 158 cm³/mol. The number of hydrogen-bond donors (Lipinski definition) is 1. The first-order valence-corrected chi connectivity index (χ1v) is 14.4. The lowest BCUT2D eigenvalue weighted by Gasteiger charge is -2.36. The molecule has 0 unspecified atom stereocenters. The number of rotatable bonds is 8. The molecule has 1 fully saturated rings. The van der Waals surface area contributed by atoms with Gasteiger partial charge in [0, 0.05) is 5.92 Å². The summed E-state index contributed by atoms with van der Waals surface area (Å²) in [4.78, 5) is 41.9. The molecule has 2 aliphatic rings. The van der Waals surface area contributed by atoms with Crippen molar-refractivity contribution in [2.45, 2.75) is 71.1 Å². The van der Waals surface area contributed by atoms with Gasteiger partial charge in [0.25, 0.3) is 0 Å². The van der Waals surface area contributed by atoms with E-state index in [1.807, 2.05) is 68.4 Å². The first kappa shape index (κ1) is 29.3. The number of hydrogen-bond acceptors (Lipinski definition) is 6. The number of amides is 2. The van der Waals surface area contributed by atoms with E-state index < -0.39 is 41.9 Å². The van der Waals surface area contributed by atoms with Gasteiger partial charge in [0.2, 0.25) is 5.91 Å². The second-order valence-electron chi connectivity index (χ2n) is 11.7. The van der Waals surface area contributed by atoms with Crippen LogP contribution in [0.3, 0.4) is 0 Å². The first-order chi connectivity index (χ1) is 20.1. The molecule has 0 saturated carbocycles. The molecule has 0 radical (unpaired) electrons. The van der Waals surface area contributed by atoms with E-state index in [9.17, 15) is 14.4 Å². The van der Waals surface area contributed by atoms with Crippen LogP contribution < -0.4 is 5.32 Å². The molecule has 8 nitrogen and oxygen atoms in total. The van der Waals surface area contributed by atoms with Gasteiger partial charge in [-0.3, -0.25) is 9.69 Å². The van der Waals surface area contributed by atoms with E-state index in [-0.39, 0.29) is 25.0 Å². The van der Waals surface area contributed by atoms with Crippen molar-refractivity contribution in [3.05, 3.63) is 95.6 Å². The molecular formula is C34H38N2O6. The van der Waals surface area contributed by atoms with Crippen molar-refractivity contribution in [2.75, 3.05) is 6.61 Å². The molecular weight excluding hydrogens is 532 g/mol. The zero-order valence-corrected chi connectivity index (χ0v) is 24.7. The van der Waals surface area contributed by atoms with Gasteiger partial charge >= 0.3 is 12.1 Å². The third-order valence-electron chi connectivity index (χ3n) is 8.03. The summed E-state index contributed by atoms with van der Waals surface area (Å²) in [5, 5.41) is 2.77. The highest BCUT2D eigenvalue weighted by molar-refractivity contribution is 5.91. The van der Waals surface area contributed by atoms with Crippen LogP contribution in [0.4, 0.5) is 4.79 Å². The molecule has 0 aromatic heterocycles. The van der Waals surface area contributed by atoms with E-state index in [4.69, 9.17) is 14.2 Å². The van der Waals surface area contributed by atoms with Gasteiger partial charge in [-0.15, -0.1) is 0 Å². The van der Waals surface area contributed by atoms with Gasteiger partial charge in [0.15, 0.2) is 6.04 Å². The highest BCUT2D eigenvalue weighted by atomic mass is 16.6. The predicted octanol–water partition coefficient (Wildman–Crippen LogP) is 5.65. The second kappa shape index (κ2) is 12.0. The van der Waals surface area contributed by atoms with Crippen molar-refractivity contribution in [1.29, 1.82) is 0 Å². The Labute approximate surface area is 247 Å². The van der Waals surface area contributed by atoms with Crippen LogP contribution in [-0.4, -0.2) is 53.4 Å². The van der Waals surface area contributed by atoms with Crippen LogP contribution in [0.15, 0.2) is 78.9 Å². The summed E-state index contributed by atoms with van der Waals surface area (Å²) in [7, 11) is 0. The van der Waals surface area contributed by atoms with E-state index in [1.54, 1.807) is 20.8 Å². The van der Waals surface area contributed by atoms with Crippen molar-refractivity contribution in [1.82, 2.24) is 10.2 Å². The number of nitrogens with one attached hydrogen (secondary N) is 1. The van der Waals surface area contributed by atoms with Crippen molar-refractivity contribution in [3.63, 3.8) is 0 Å². The molecule has 1 heterocycles. The number of ether oxygens (including phenoxy) is 3. The van der Waals surface area contributed by atoms with Crippen LogP contribution in [0.25, 0.3) is 11.1 Å². The largest absolute Gasteiger partial charge is 0.459 e. The Kier molecular flexibility index (Phi) is 8.36. The van der Waals surface area contributed by atoms with Gasteiger partial charge in [0.1, 0.15) is 25.0 Å². The first-order valence-electron chi connectivity index (χ1n) is 14.4. The van der Waals surface area contributed by atoms with Crippen molar-refractivity contribution < 1.29 is 28.6 Å². The number of benzene rings is 3. The fourth-order valence-electron chi connectivity index (χ4n) is 6.07. The summed E-state index contributed by atoms with van der Waals surface area (Å²) in [5.74, 6) is -1.39. The second-order valence-corrected chi connectivity index (χ2v) is 11.7. The molecule has 2 amide bonds. The highest BCUT2D eigenvalue weighted by Gasteiger charge is 2.53. The molecule has 0 bridgehead atoms. The number of fused-ring (bicyclic) bond motifs is 3. The minimum atomic E-state index is -1.09. The maximum absolute atomic E-state index is 14.0. The molecule has 42 heavy (non-hydrogen) atoms. The van der Waals surface area contributed by atoms with Gasteiger partial charge in [-0.2, -0.15) is 0 Å². The summed E-state index contributed by atoms with van der Waals surface area (Å²) in [5.41, 5.74) is 4.21. The fraction of sp³-hybridized carbons (Fsp3) is 0.382. The minimum Gasteiger partial charge on any atom is -0.459 e. The number of alkyl carbamates (subject to hydrolysis) is 1. The number of carbonyl (C=O) groups excluding carboxylic acids is 3. The van der Waals surface area contributed by atoms with Crippen LogP contribution in [-0.2, 0) is 30.4 Å². The van der Waals surface area contributed by atoms with E-state index in [0.717, 1.165) is 27.8 Å². The third-order valence-corrected chi connectivity index (χ3v) is 8.03. The zero-order valence-electron chi connectivity index (χ0n) is 24.7. The minimum absolute atomic E-state index is 0.0803. The summed E-state index contributed by atoms with van der Waals surface area (Å²) in [6.45, 7) is 9.09. The smallest absolute Gasteiger partial charge is 0.407 e. The molecule has 5 rings (SSSR count). The van der Waals surface area contributed by atoms with Crippen LogP contribution in [0.1, 0.15) is 57.2 Å². The maximum atomic E-state index is 14.0. The van der Waals surface area contributed by atoms with E-state index in [1.165, 1.54) is 4.90 Å². The van der Waals surface area contributed by atoms with E-state index in [0.29, 0.717) is 0 Å². The summed E-state index contributed by atoms with van der Waals surface area (Å²) < 4.78 is 17.4. The van der Waals surface area contributed by atoms with Crippen LogP contribution >= 0.6 is 0 Å². The standard InChI is InChI=1S/C34H38N2O6/c1-21(2)29(35-33(39)41-20-28-26-17-11-9-15-24(26)25-16-10-12-18-27(25)28)31(37)36-30(22(3)42-34(36,4)5)32(38)40-19-23-13-7-6-8-14-23/h6-18,21-22,28-30H,19-20H2,1-5H3,(H,35,39)/t22-,29+,30-/m1/s1. The average molecular weight is 571 g/mol. The molecule has 1 N–H and O–H groups in total. The van der Waals surface area contributed by atoms with Crippen LogP contribution in [0.5, 0.6) is 0 Å². The molecule has 1 aliphatic heterocycles. The van der Waals surface area contributed by atoms with Crippen molar-refractivity contribution >= 4 is 18.0 Å². The average Bonchev–Trinajstić information content (AvgIpc) is 3.42. The summed E-state index contributed by atoms with van der Waals surface area (Å²) in [6, 6.07) is 23.6. The molecule has 1 saturated heterocycles. The lowest BCUT2D eigenvalue weighted by atomic mass is 9.98. The highest BCUT2D eigenvalue weighted by Crippen LogP contribution is 2.44. The molecule has 3 aromatic carbocycles. The molecule has 8 heteroatoms. The van der Waals surface area contributed by atoms with Crippen LogP contribution in [0, 0.1) is 5.92 Å². The molecule has 0 spiro atoms. The lowest BCUT2D eigenvalue weighted by Crippen LogP contribution is -2.59. The Morgan fingerprint density at radius 3 is 2.05 bits per heavy atom. The van der Waals surface area contributed by atoms with Gasteiger partial charge in [-0.25, -0.2) is 9.59 Å². The lowest BCUT2D eigenvalue weighted by molar-refractivity contribution is -0.161. The number of nitrogens with zero attached hydrogens (tertiary/aromatic N) is 1. The Morgan fingerprint density at radius 2 is 1.45 bits per heavy atom. The quantitative estimate of drug-likeness (QED) is 0.352. The molecule has 220 valence electrons. The molecule has 3 aromatic rings. The van der Waals surface area contributed by atoms with Gasteiger partial charge in [-0.1, -0.05) is 92.7 Å². The molecule has 1 aliphatic carbocycles. The monoisotopic (exact) mass is 570 g/mol. The Bertz CT molecular complexity index is 1410. The topological polar surface area (TPSA) is 94.2 Å². The Morgan fingerprint density at radius 1 is 0.881 bits per heavy atom. The van der Waals surface area contributed by atoms with Gasteiger partial charge < -0.3 is 19.5 Å². The summed E-state index contributed by atoms with van der Waals surface area (Å²) >= 11 is 0. The van der Waals surface area contributed by atoms with Crippen LogP contribution in [0.2, 0.25) is 0 Å². The van der Waals surface area contributed by atoms with Gasteiger partial charge in [-0.05, 0) is 54.5 Å². The third kappa shape index (κ3) is 5.77. The zero-order chi connectivity index (χ0) is 30.0. The van der Waals surface area contributed by atoms with E-state index in [2.05, 4.69) is 29.6 Å². The maximum Gasteiger partial charge on any atom is 0.407 e. The fourth-order valence-corrected chi connectivity index (χ4v) is 6.07. The SMILES string of the molecule is CC(C)[C@H](NC(=O)OCC1c2ccccc2-c2ccccc21)C(=O)N1[C@@H](C(=O)OCc2ccccc2)[C@@H](C)OC1(C)C. The van der Waals surface area contributed by atoms with Crippen molar-refractivity contribution in [2.24, 2.45) is 5.92 Å². The van der Waals surface area contributed by atoms with Gasteiger partial charge in [0.05, 0.1) is 6.10 Å².